The van der Waals surface area contributed by atoms with Crippen molar-refractivity contribution in [1.29, 1.82) is 0 Å². The fraction of sp³-hybridized carbons (Fsp3) is 0.192. The number of phenolic OH excluding ortho intramolecular Hbond substituents is 1. The van der Waals surface area contributed by atoms with E-state index in [9.17, 15) is 5.11 Å². The van der Waals surface area contributed by atoms with E-state index in [4.69, 9.17) is 10.1 Å². The van der Waals surface area contributed by atoms with Crippen molar-refractivity contribution in [3.05, 3.63) is 88.3 Å². The molecule has 7 heteroatoms. The molecule has 0 bridgehead atoms. The second-order valence-electron chi connectivity index (χ2n) is 7.56. The Morgan fingerprint density at radius 3 is 2.55 bits per heavy atom. The maximum atomic E-state index is 10.6. The number of aromatic nitrogens is 2. The minimum Gasteiger partial charge on any atom is -0.507 e. The number of pyridine rings is 1. The molecule has 1 N–H and O–H groups in total. The molecule has 33 heavy (non-hydrogen) atoms. The number of hydrogen-bond acceptors (Lipinski definition) is 6. The first kappa shape index (κ1) is 22.5. The lowest BCUT2D eigenvalue weighted by atomic mass is 10.1. The molecule has 0 aliphatic carbocycles. The largest absolute Gasteiger partial charge is 0.507 e. The number of aryl methyl sites for hydroxylation is 1. The number of phenols is 1. The SMILES string of the molecule is CCN(CC)c1ccc(C=Nn2c(-c3ccc(C)cc3)csc2=Nc2cccnc2)c(O)c1. The second kappa shape index (κ2) is 10.3. The van der Waals surface area contributed by atoms with E-state index in [2.05, 4.69) is 54.9 Å². The summed E-state index contributed by atoms with van der Waals surface area (Å²) in [6.45, 7) is 8.03. The van der Waals surface area contributed by atoms with Gasteiger partial charge in [0.1, 0.15) is 5.75 Å². The van der Waals surface area contributed by atoms with Crippen molar-refractivity contribution in [2.24, 2.45) is 10.1 Å². The van der Waals surface area contributed by atoms with Crippen LogP contribution in [0.25, 0.3) is 11.3 Å². The van der Waals surface area contributed by atoms with Crippen molar-refractivity contribution >= 4 is 28.9 Å². The number of nitrogens with zero attached hydrogens (tertiary/aromatic N) is 5. The molecular formula is C26H27N5OS. The van der Waals surface area contributed by atoms with Gasteiger partial charge in [-0.2, -0.15) is 5.10 Å². The van der Waals surface area contributed by atoms with Crippen LogP contribution in [0, 0.1) is 6.92 Å². The standard InChI is InChI=1S/C26H27N5OS/c1-4-30(5-2)23-13-12-21(25(32)15-23)16-28-31-24(20-10-8-19(3)9-11-20)18-33-26(31)29-22-7-6-14-27-17-22/h6-18,32H,4-5H2,1-3H3. The molecule has 2 heterocycles. The average Bonchev–Trinajstić information content (AvgIpc) is 3.22. The number of rotatable bonds is 7. The summed E-state index contributed by atoms with van der Waals surface area (Å²) >= 11 is 1.51. The number of thiazole rings is 1. The van der Waals surface area contributed by atoms with Gasteiger partial charge < -0.3 is 10.0 Å². The maximum Gasteiger partial charge on any atom is 0.211 e. The predicted molar refractivity (Wildman–Crippen MR) is 137 cm³/mol. The minimum absolute atomic E-state index is 0.196. The van der Waals surface area contributed by atoms with Crippen molar-refractivity contribution in [1.82, 2.24) is 9.66 Å². The summed E-state index contributed by atoms with van der Waals surface area (Å²) in [4.78, 5) is 11.8. The van der Waals surface area contributed by atoms with Gasteiger partial charge in [-0.1, -0.05) is 29.8 Å². The Hall–Kier alpha value is -3.71. The first-order valence-corrected chi connectivity index (χ1v) is 11.8. The minimum atomic E-state index is 0.196. The molecule has 4 rings (SSSR count). The molecule has 0 saturated carbocycles. The van der Waals surface area contributed by atoms with Crippen LogP contribution in [-0.4, -0.2) is 34.1 Å². The number of anilines is 1. The van der Waals surface area contributed by atoms with Crippen molar-refractivity contribution in [2.75, 3.05) is 18.0 Å². The zero-order valence-corrected chi connectivity index (χ0v) is 19.8. The van der Waals surface area contributed by atoms with Gasteiger partial charge in [0, 0.05) is 47.5 Å². The summed E-state index contributed by atoms with van der Waals surface area (Å²) in [7, 11) is 0. The van der Waals surface area contributed by atoms with E-state index in [1.165, 1.54) is 16.9 Å². The lowest BCUT2D eigenvalue weighted by Gasteiger charge is -2.21. The van der Waals surface area contributed by atoms with Crippen LogP contribution < -0.4 is 9.70 Å². The maximum absolute atomic E-state index is 10.6. The lowest BCUT2D eigenvalue weighted by molar-refractivity contribution is 0.474. The highest BCUT2D eigenvalue weighted by Gasteiger charge is 2.09. The fourth-order valence-electron chi connectivity index (χ4n) is 3.49. The van der Waals surface area contributed by atoms with Gasteiger partial charge >= 0.3 is 0 Å². The van der Waals surface area contributed by atoms with Crippen molar-refractivity contribution in [3.63, 3.8) is 0 Å². The Morgan fingerprint density at radius 1 is 1.09 bits per heavy atom. The van der Waals surface area contributed by atoms with Crippen molar-refractivity contribution in [3.8, 4) is 17.0 Å². The Kier molecular flexibility index (Phi) is 7.00. The third-order valence-corrected chi connectivity index (χ3v) is 6.17. The van der Waals surface area contributed by atoms with E-state index >= 15 is 0 Å². The molecule has 0 fully saturated rings. The van der Waals surface area contributed by atoms with Crippen LogP contribution in [0.3, 0.4) is 0 Å². The smallest absolute Gasteiger partial charge is 0.211 e. The van der Waals surface area contributed by atoms with Gasteiger partial charge in [0.15, 0.2) is 0 Å². The predicted octanol–water partition coefficient (Wildman–Crippen LogP) is 5.59. The lowest BCUT2D eigenvalue weighted by Crippen LogP contribution is -2.21. The normalized spacial score (nSPS) is 11.9. The molecule has 168 valence electrons. The first-order chi connectivity index (χ1) is 16.1. The van der Waals surface area contributed by atoms with Gasteiger partial charge in [0.25, 0.3) is 0 Å². The molecule has 2 aromatic heterocycles. The zero-order valence-electron chi connectivity index (χ0n) is 19.0. The first-order valence-electron chi connectivity index (χ1n) is 10.9. The average molecular weight is 458 g/mol. The van der Waals surface area contributed by atoms with Gasteiger partial charge in [-0.25, -0.2) is 9.67 Å². The summed E-state index contributed by atoms with van der Waals surface area (Å²) in [6.07, 6.45) is 5.12. The summed E-state index contributed by atoms with van der Waals surface area (Å²) in [6, 6.07) is 17.8. The summed E-state index contributed by atoms with van der Waals surface area (Å²) in [5.74, 6) is 0.196. The third-order valence-electron chi connectivity index (χ3n) is 5.36. The van der Waals surface area contributed by atoms with Crippen LogP contribution in [-0.2, 0) is 0 Å². The summed E-state index contributed by atoms with van der Waals surface area (Å²) in [5.41, 5.74) is 5.56. The van der Waals surface area contributed by atoms with Crippen molar-refractivity contribution in [2.45, 2.75) is 20.8 Å². The Balaban J connectivity index is 1.77. The van der Waals surface area contributed by atoms with Gasteiger partial charge in [-0.05, 0) is 45.0 Å². The summed E-state index contributed by atoms with van der Waals surface area (Å²) < 4.78 is 1.81. The molecule has 0 atom stereocenters. The second-order valence-corrected chi connectivity index (χ2v) is 8.40. The van der Waals surface area contributed by atoms with Crippen molar-refractivity contribution < 1.29 is 5.11 Å². The van der Waals surface area contributed by atoms with E-state index in [0.29, 0.717) is 10.4 Å². The molecule has 0 radical (unpaired) electrons. The summed E-state index contributed by atoms with van der Waals surface area (Å²) in [5, 5.41) is 17.4. The molecule has 0 amide bonds. The molecule has 4 aromatic rings. The highest BCUT2D eigenvalue weighted by atomic mass is 32.1. The van der Waals surface area contributed by atoms with Crippen LogP contribution in [0.15, 0.2) is 82.5 Å². The van der Waals surface area contributed by atoms with Gasteiger partial charge in [-0.15, -0.1) is 11.3 Å². The van der Waals surface area contributed by atoms with E-state index < -0.39 is 0 Å². The van der Waals surface area contributed by atoms with E-state index in [1.54, 1.807) is 29.4 Å². The molecule has 6 nitrogen and oxygen atoms in total. The Morgan fingerprint density at radius 2 is 1.88 bits per heavy atom. The van der Waals surface area contributed by atoms with Crippen LogP contribution >= 0.6 is 11.3 Å². The highest BCUT2D eigenvalue weighted by molar-refractivity contribution is 7.07. The van der Waals surface area contributed by atoms with Crippen LogP contribution in [0.2, 0.25) is 0 Å². The zero-order chi connectivity index (χ0) is 23.2. The number of benzene rings is 2. The number of aromatic hydroxyl groups is 1. The molecule has 0 saturated heterocycles. The van der Waals surface area contributed by atoms with Crippen LogP contribution in [0.4, 0.5) is 11.4 Å². The van der Waals surface area contributed by atoms with E-state index in [-0.39, 0.29) is 5.75 Å². The molecule has 0 aliphatic heterocycles. The topological polar surface area (TPSA) is 66.0 Å². The van der Waals surface area contributed by atoms with Gasteiger partial charge in [0.05, 0.1) is 23.8 Å². The molecule has 0 aliphatic rings. The highest BCUT2D eigenvalue weighted by Crippen LogP contribution is 2.25. The molecule has 2 aromatic carbocycles. The van der Waals surface area contributed by atoms with Gasteiger partial charge in [0.2, 0.25) is 4.80 Å². The quantitative estimate of drug-likeness (QED) is 0.368. The van der Waals surface area contributed by atoms with Gasteiger partial charge in [-0.3, -0.25) is 4.98 Å². The Bertz CT molecular complexity index is 1300. The molecular weight excluding hydrogens is 430 g/mol. The molecule has 0 spiro atoms. The monoisotopic (exact) mass is 457 g/mol. The van der Waals surface area contributed by atoms with E-state index in [0.717, 1.165) is 35.7 Å². The third kappa shape index (κ3) is 5.21. The fourth-order valence-corrected chi connectivity index (χ4v) is 4.34. The van der Waals surface area contributed by atoms with Crippen LogP contribution in [0.1, 0.15) is 25.0 Å². The van der Waals surface area contributed by atoms with Crippen LogP contribution in [0.5, 0.6) is 5.75 Å². The Labute approximate surface area is 197 Å². The van der Waals surface area contributed by atoms with E-state index in [1.807, 2.05) is 29.6 Å². The molecule has 0 unspecified atom stereocenters. The number of hydrogen-bond donors (Lipinski definition) is 1.